The summed E-state index contributed by atoms with van der Waals surface area (Å²) in [5, 5.41) is 10.4. The first-order valence-electron chi connectivity index (χ1n) is 6.05. The van der Waals surface area contributed by atoms with Gasteiger partial charge in [-0.25, -0.2) is 4.98 Å². The fraction of sp³-hybridized carbons (Fsp3) is 0.0667. The third-order valence-corrected chi connectivity index (χ3v) is 4.14. The second-order valence-electron chi connectivity index (χ2n) is 4.53. The van der Waals surface area contributed by atoms with Crippen LogP contribution in [0.4, 0.5) is 5.69 Å². The molecule has 0 spiro atoms. The maximum atomic E-state index is 11.3. The van der Waals surface area contributed by atoms with Crippen molar-refractivity contribution in [2.45, 2.75) is 6.92 Å². The van der Waals surface area contributed by atoms with Gasteiger partial charge in [0.2, 0.25) is 0 Å². The first kappa shape index (κ1) is 12.6. The highest BCUT2D eigenvalue weighted by atomic mass is 32.1. The standard InChI is InChI=1S/C15H12N2O2S/c1-8(18)9-2-4-10(5-3-9)15-17-12-7-13(19)11(16)6-14(12)20-15/h2-7,19H,16H2,1H3. The zero-order valence-corrected chi connectivity index (χ0v) is 11.6. The molecule has 0 aliphatic heterocycles. The van der Waals surface area contributed by atoms with E-state index in [9.17, 15) is 9.90 Å². The molecule has 4 nitrogen and oxygen atoms in total. The van der Waals surface area contributed by atoms with Crippen LogP contribution in [0.15, 0.2) is 36.4 Å². The van der Waals surface area contributed by atoms with Gasteiger partial charge in [0.15, 0.2) is 5.78 Å². The van der Waals surface area contributed by atoms with E-state index in [0.29, 0.717) is 16.8 Å². The number of nitrogens with zero attached hydrogens (tertiary/aromatic N) is 1. The van der Waals surface area contributed by atoms with Gasteiger partial charge in [0.25, 0.3) is 0 Å². The van der Waals surface area contributed by atoms with E-state index in [4.69, 9.17) is 5.73 Å². The molecule has 3 rings (SSSR count). The molecule has 0 atom stereocenters. The van der Waals surface area contributed by atoms with Crippen molar-refractivity contribution in [1.29, 1.82) is 0 Å². The Morgan fingerprint density at radius 2 is 1.95 bits per heavy atom. The topological polar surface area (TPSA) is 76.2 Å². The highest BCUT2D eigenvalue weighted by Crippen LogP contribution is 2.34. The maximum absolute atomic E-state index is 11.3. The van der Waals surface area contributed by atoms with Crippen molar-refractivity contribution in [3.05, 3.63) is 42.0 Å². The molecular formula is C15H12N2O2S. The number of carbonyl (C=O) groups excluding carboxylic acids is 1. The molecule has 20 heavy (non-hydrogen) atoms. The van der Waals surface area contributed by atoms with Crippen molar-refractivity contribution in [3.63, 3.8) is 0 Å². The van der Waals surface area contributed by atoms with E-state index in [0.717, 1.165) is 15.3 Å². The van der Waals surface area contributed by atoms with Crippen LogP contribution in [0.2, 0.25) is 0 Å². The Kier molecular flexibility index (Phi) is 2.91. The molecule has 3 N–H and O–H groups in total. The van der Waals surface area contributed by atoms with Crippen LogP contribution in [-0.2, 0) is 0 Å². The van der Waals surface area contributed by atoms with Crippen LogP contribution in [0, 0.1) is 0 Å². The minimum atomic E-state index is 0.0403. The second kappa shape index (κ2) is 4.61. The number of carbonyl (C=O) groups is 1. The summed E-state index contributed by atoms with van der Waals surface area (Å²) in [6.45, 7) is 1.54. The zero-order valence-electron chi connectivity index (χ0n) is 10.8. The number of fused-ring (bicyclic) bond motifs is 1. The number of hydrogen-bond acceptors (Lipinski definition) is 5. The van der Waals surface area contributed by atoms with Crippen LogP contribution in [-0.4, -0.2) is 15.9 Å². The maximum Gasteiger partial charge on any atom is 0.159 e. The number of benzene rings is 2. The molecule has 0 amide bonds. The lowest BCUT2D eigenvalue weighted by molar-refractivity contribution is 0.101. The molecular weight excluding hydrogens is 272 g/mol. The summed E-state index contributed by atoms with van der Waals surface area (Å²) in [6.07, 6.45) is 0. The lowest BCUT2D eigenvalue weighted by atomic mass is 10.1. The molecule has 0 saturated carbocycles. The number of nitrogens with two attached hydrogens (primary N) is 1. The average Bonchev–Trinajstić information content (AvgIpc) is 2.82. The molecule has 0 unspecified atom stereocenters. The number of Topliss-reactive ketones (excluding diaryl/α,β-unsaturated/α-hetero) is 1. The number of aromatic nitrogens is 1. The molecule has 3 aromatic rings. The SMILES string of the molecule is CC(=O)c1ccc(-c2nc3cc(O)c(N)cc3s2)cc1. The quantitative estimate of drug-likeness (QED) is 0.429. The third-order valence-electron chi connectivity index (χ3n) is 3.08. The van der Waals surface area contributed by atoms with Crippen molar-refractivity contribution in [2.24, 2.45) is 0 Å². The number of phenolic OH excluding ortho intramolecular Hbond substituents is 1. The summed E-state index contributed by atoms with van der Waals surface area (Å²) in [6, 6.07) is 10.6. The number of ketones is 1. The van der Waals surface area contributed by atoms with Crippen molar-refractivity contribution in [1.82, 2.24) is 4.98 Å². The average molecular weight is 284 g/mol. The molecule has 1 heterocycles. The van der Waals surface area contributed by atoms with Gasteiger partial charge in [0, 0.05) is 17.2 Å². The van der Waals surface area contributed by atoms with Crippen molar-refractivity contribution < 1.29 is 9.90 Å². The monoisotopic (exact) mass is 284 g/mol. The first-order chi connectivity index (χ1) is 9.54. The van der Waals surface area contributed by atoms with Gasteiger partial charge in [-0.15, -0.1) is 11.3 Å². The first-order valence-corrected chi connectivity index (χ1v) is 6.86. The van der Waals surface area contributed by atoms with Crippen LogP contribution in [0.25, 0.3) is 20.8 Å². The summed E-state index contributed by atoms with van der Waals surface area (Å²) in [7, 11) is 0. The number of rotatable bonds is 2. The number of thiazole rings is 1. The van der Waals surface area contributed by atoms with E-state index >= 15 is 0 Å². The van der Waals surface area contributed by atoms with Gasteiger partial charge in [-0.3, -0.25) is 4.79 Å². The number of nitrogen functional groups attached to an aromatic ring is 1. The molecule has 0 bridgehead atoms. The van der Waals surface area contributed by atoms with Gasteiger partial charge in [0.05, 0.1) is 15.9 Å². The number of aromatic hydroxyl groups is 1. The lowest BCUT2D eigenvalue weighted by Crippen LogP contribution is -1.90. The highest BCUT2D eigenvalue weighted by molar-refractivity contribution is 7.21. The Morgan fingerprint density at radius 1 is 1.25 bits per heavy atom. The zero-order chi connectivity index (χ0) is 14.3. The molecule has 5 heteroatoms. The van der Waals surface area contributed by atoms with Crippen LogP contribution in [0.5, 0.6) is 5.75 Å². The van der Waals surface area contributed by atoms with Crippen LogP contribution >= 0.6 is 11.3 Å². The Labute approximate surface area is 119 Å². The van der Waals surface area contributed by atoms with Gasteiger partial charge in [0.1, 0.15) is 10.8 Å². The van der Waals surface area contributed by atoms with Gasteiger partial charge < -0.3 is 10.8 Å². The number of phenols is 1. The van der Waals surface area contributed by atoms with Crippen molar-refractivity contribution >= 4 is 33.0 Å². The molecule has 0 aliphatic carbocycles. The van der Waals surface area contributed by atoms with E-state index in [1.165, 1.54) is 18.3 Å². The fourth-order valence-corrected chi connectivity index (χ4v) is 2.95. The van der Waals surface area contributed by atoms with E-state index in [2.05, 4.69) is 4.98 Å². The van der Waals surface area contributed by atoms with Crippen LogP contribution < -0.4 is 5.73 Å². The molecule has 0 fully saturated rings. The molecule has 0 aliphatic rings. The predicted octanol–water partition coefficient (Wildman–Crippen LogP) is 3.45. The van der Waals surface area contributed by atoms with E-state index in [1.54, 1.807) is 24.3 Å². The minimum absolute atomic E-state index is 0.0403. The van der Waals surface area contributed by atoms with Crippen LogP contribution in [0.3, 0.4) is 0 Å². The molecule has 1 aromatic heterocycles. The Balaban J connectivity index is 2.07. The molecule has 2 aromatic carbocycles. The number of hydrogen-bond donors (Lipinski definition) is 2. The third kappa shape index (κ3) is 2.12. The summed E-state index contributed by atoms with van der Waals surface area (Å²) in [4.78, 5) is 15.7. The van der Waals surface area contributed by atoms with Crippen molar-refractivity contribution in [2.75, 3.05) is 5.73 Å². The van der Waals surface area contributed by atoms with Gasteiger partial charge in [-0.2, -0.15) is 0 Å². The summed E-state index contributed by atoms with van der Waals surface area (Å²) in [5.41, 5.74) is 8.36. The molecule has 0 saturated heterocycles. The molecule has 100 valence electrons. The van der Waals surface area contributed by atoms with Crippen LogP contribution in [0.1, 0.15) is 17.3 Å². The fourth-order valence-electron chi connectivity index (χ4n) is 1.95. The Hall–Kier alpha value is -2.40. The highest BCUT2D eigenvalue weighted by Gasteiger charge is 2.09. The Morgan fingerprint density at radius 3 is 2.60 bits per heavy atom. The molecule has 0 radical (unpaired) electrons. The normalized spacial score (nSPS) is 10.8. The summed E-state index contributed by atoms with van der Waals surface area (Å²) < 4.78 is 0.922. The van der Waals surface area contributed by atoms with E-state index in [-0.39, 0.29) is 11.5 Å². The minimum Gasteiger partial charge on any atom is -0.506 e. The van der Waals surface area contributed by atoms with Crippen molar-refractivity contribution in [3.8, 4) is 16.3 Å². The summed E-state index contributed by atoms with van der Waals surface area (Å²) in [5.74, 6) is 0.0832. The predicted molar refractivity (Wildman–Crippen MR) is 81.1 cm³/mol. The second-order valence-corrected chi connectivity index (χ2v) is 5.56. The van der Waals surface area contributed by atoms with Gasteiger partial charge in [-0.1, -0.05) is 24.3 Å². The van der Waals surface area contributed by atoms with E-state index < -0.39 is 0 Å². The number of anilines is 1. The van der Waals surface area contributed by atoms with E-state index in [1.807, 2.05) is 12.1 Å². The Bertz CT molecular complexity index is 768. The smallest absolute Gasteiger partial charge is 0.159 e. The largest absolute Gasteiger partial charge is 0.506 e. The van der Waals surface area contributed by atoms with Gasteiger partial charge in [-0.05, 0) is 13.0 Å². The summed E-state index contributed by atoms with van der Waals surface area (Å²) >= 11 is 1.50. The lowest BCUT2D eigenvalue weighted by Gasteiger charge is -1.97. The van der Waals surface area contributed by atoms with Gasteiger partial charge >= 0.3 is 0 Å².